The minimum absolute atomic E-state index is 0.340. The van der Waals surface area contributed by atoms with Crippen molar-refractivity contribution in [2.45, 2.75) is 51.5 Å². The summed E-state index contributed by atoms with van der Waals surface area (Å²) in [7, 11) is -3.37. The summed E-state index contributed by atoms with van der Waals surface area (Å²) in [5.74, 6) is 0. The number of piperidine rings is 1. The van der Waals surface area contributed by atoms with Crippen LogP contribution in [0, 0.1) is 0 Å². The first-order chi connectivity index (χ1) is 7.99. The maximum atomic E-state index is 12.2. The lowest BCUT2D eigenvalue weighted by molar-refractivity contribution is 0.311. The summed E-state index contributed by atoms with van der Waals surface area (Å²) < 4.78 is 28.8. The Kier molecular flexibility index (Phi) is 5.37. The van der Waals surface area contributed by atoms with Gasteiger partial charge in [-0.25, -0.2) is 0 Å². The topological polar surface area (TPSA) is 75.4 Å². The van der Waals surface area contributed by atoms with E-state index < -0.39 is 15.7 Å². The Bertz CT molecular complexity index is 311. The van der Waals surface area contributed by atoms with Gasteiger partial charge in [0.1, 0.15) is 0 Å². The van der Waals surface area contributed by atoms with Crippen molar-refractivity contribution >= 4 is 10.2 Å². The first-order valence-electron chi connectivity index (χ1n) is 6.49. The molecule has 0 bridgehead atoms. The molecule has 0 unspecified atom stereocenters. The van der Waals surface area contributed by atoms with E-state index in [2.05, 4.69) is 4.72 Å². The molecule has 0 saturated carbocycles. The molecule has 0 aromatic heterocycles. The van der Waals surface area contributed by atoms with Crippen LogP contribution in [0.1, 0.15) is 46.0 Å². The van der Waals surface area contributed by atoms with E-state index in [1.165, 1.54) is 0 Å². The first-order valence-corrected chi connectivity index (χ1v) is 7.93. The molecule has 1 heterocycles. The molecule has 0 aromatic rings. The minimum atomic E-state index is -3.37. The number of hydrogen-bond donors (Lipinski definition) is 2. The van der Waals surface area contributed by atoms with E-state index in [0.717, 1.165) is 19.3 Å². The molecule has 1 rings (SSSR count). The summed E-state index contributed by atoms with van der Waals surface area (Å²) in [6.45, 7) is 5.53. The van der Waals surface area contributed by atoms with Gasteiger partial charge in [-0.1, -0.05) is 20.3 Å². The number of hydrogen-bond acceptors (Lipinski definition) is 3. The molecule has 1 aliphatic heterocycles. The van der Waals surface area contributed by atoms with Gasteiger partial charge in [0.15, 0.2) is 0 Å². The van der Waals surface area contributed by atoms with Crippen LogP contribution in [0.3, 0.4) is 0 Å². The maximum Gasteiger partial charge on any atom is 0.279 e. The van der Waals surface area contributed by atoms with Crippen LogP contribution in [-0.2, 0) is 10.2 Å². The number of nitrogens with two attached hydrogens (primary N) is 1. The average Bonchev–Trinajstić information content (AvgIpc) is 2.37. The van der Waals surface area contributed by atoms with Gasteiger partial charge in [-0.3, -0.25) is 0 Å². The van der Waals surface area contributed by atoms with Crippen LogP contribution in [0.25, 0.3) is 0 Å². The third kappa shape index (κ3) is 3.64. The van der Waals surface area contributed by atoms with Crippen molar-refractivity contribution < 1.29 is 8.42 Å². The van der Waals surface area contributed by atoms with Gasteiger partial charge in [0.2, 0.25) is 0 Å². The van der Waals surface area contributed by atoms with E-state index in [4.69, 9.17) is 5.73 Å². The van der Waals surface area contributed by atoms with Gasteiger partial charge in [0.05, 0.1) is 0 Å². The van der Waals surface area contributed by atoms with Crippen LogP contribution in [0.2, 0.25) is 0 Å². The van der Waals surface area contributed by atoms with E-state index in [0.29, 0.717) is 32.5 Å². The van der Waals surface area contributed by atoms with Crippen LogP contribution in [0.15, 0.2) is 0 Å². The summed E-state index contributed by atoms with van der Waals surface area (Å²) >= 11 is 0. The van der Waals surface area contributed by atoms with E-state index in [-0.39, 0.29) is 0 Å². The van der Waals surface area contributed by atoms with Crippen LogP contribution in [0.4, 0.5) is 0 Å². The number of nitrogens with zero attached hydrogens (tertiary/aromatic N) is 1. The SMILES string of the molecule is CCC(CC)(CN)NS(=O)(=O)N1CCCCC1. The second-order valence-corrected chi connectivity index (χ2v) is 6.43. The van der Waals surface area contributed by atoms with Crippen molar-refractivity contribution in [1.82, 2.24) is 9.03 Å². The number of rotatable bonds is 6. The van der Waals surface area contributed by atoms with Crippen molar-refractivity contribution in [2.24, 2.45) is 5.73 Å². The maximum absolute atomic E-state index is 12.2. The largest absolute Gasteiger partial charge is 0.329 e. The highest BCUT2D eigenvalue weighted by Gasteiger charge is 2.33. The normalized spacial score (nSPS) is 19.5. The summed E-state index contributed by atoms with van der Waals surface area (Å²) in [5.41, 5.74) is 5.23. The van der Waals surface area contributed by atoms with E-state index in [9.17, 15) is 8.42 Å². The van der Waals surface area contributed by atoms with Gasteiger partial charge < -0.3 is 5.73 Å². The lowest BCUT2D eigenvalue weighted by atomic mass is 9.95. The zero-order valence-corrected chi connectivity index (χ0v) is 11.7. The molecule has 102 valence electrons. The van der Waals surface area contributed by atoms with Gasteiger partial charge in [-0.05, 0) is 25.7 Å². The predicted octanol–water partition coefficient (Wildman–Crippen LogP) is 0.824. The molecule has 3 N–H and O–H groups in total. The average molecular weight is 263 g/mol. The van der Waals surface area contributed by atoms with Gasteiger partial charge in [0.25, 0.3) is 10.2 Å². The van der Waals surface area contributed by atoms with Crippen molar-refractivity contribution in [3.8, 4) is 0 Å². The second-order valence-electron chi connectivity index (χ2n) is 4.76. The van der Waals surface area contributed by atoms with Crippen molar-refractivity contribution in [1.29, 1.82) is 0 Å². The second kappa shape index (κ2) is 6.13. The molecule has 0 atom stereocenters. The predicted molar refractivity (Wildman–Crippen MR) is 69.8 cm³/mol. The van der Waals surface area contributed by atoms with Gasteiger partial charge in [-0.15, -0.1) is 0 Å². The molecule has 1 fully saturated rings. The zero-order chi connectivity index (χ0) is 12.9. The lowest BCUT2D eigenvalue weighted by Gasteiger charge is -2.35. The van der Waals surface area contributed by atoms with Crippen molar-refractivity contribution in [3.05, 3.63) is 0 Å². The van der Waals surface area contributed by atoms with Crippen molar-refractivity contribution in [3.63, 3.8) is 0 Å². The van der Waals surface area contributed by atoms with Gasteiger partial charge in [-0.2, -0.15) is 17.4 Å². The Morgan fingerprint density at radius 2 is 1.71 bits per heavy atom. The quantitative estimate of drug-likeness (QED) is 0.745. The number of nitrogens with one attached hydrogen (secondary N) is 1. The third-order valence-electron chi connectivity index (χ3n) is 3.74. The highest BCUT2D eigenvalue weighted by Crippen LogP contribution is 2.18. The Balaban J connectivity index is 2.76. The highest BCUT2D eigenvalue weighted by atomic mass is 32.2. The molecule has 0 aromatic carbocycles. The standard InChI is InChI=1S/C11H25N3O2S/c1-3-11(4-2,10-12)13-17(15,16)14-8-6-5-7-9-14/h13H,3-10,12H2,1-2H3. The molecule has 0 amide bonds. The third-order valence-corrected chi connectivity index (χ3v) is 5.48. The lowest BCUT2D eigenvalue weighted by Crippen LogP contribution is -2.57. The molecule has 1 aliphatic rings. The van der Waals surface area contributed by atoms with Crippen LogP contribution in [-0.4, -0.2) is 37.9 Å². The smallest absolute Gasteiger partial charge is 0.279 e. The highest BCUT2D eigenvalue weighted by molar-refractivity contribution is 7.87. The Hall–Kier alpha value is -0.170. The van der Waals surface area contributed by atoms with Crippen LogP contribution >= 0.6 is 0 Å². The molecule has 0 spiro atoms. The molecule has 0 aliphatic carbocycles. The molecule has 5 nitrogen and oxygen atoms in total. The Labute approximate surface area is 105 Å². The minimum Gasteiger partial charge on any atom is -0.329 e. The van der Waals surface area contributed by atoms with E-state index in [1.807, 2.05) is 13.8 Å². The van der Waals surface area contributed by atoms with Gasteiger partial charge >= 0.3 is 0 Å². The van der Waals surface area contributed by atoms with Crippen LogP contribution in [0.5, 0.6) is 0 Å². The first kappa shape index (κ1) is 14.9. The molecular weight excluding hydrogens is 238 g/mol. The molecule has 17 heavy (non-hydrogen) atoms. The van der Waals surface area contributed by atoms with Crippen molar-refractivity contribution in [2.75, 3.05) is 19.6 Å². The summed E-state index contributed by atoms with van der Waals surface area (Å²) in [6, 6.07) is 0. The van der Waals surface area contributed by atoms with E-state index >= 15 is 0 Å². The summed E-state index contributed by atoms with van der Waals surface area (Å²) in [5, 5.41) is 0. The summed E-state index contributed by atoms with van der Waals surface area (Å²) in [6.07, 6.45) is 4.46. The fourth-order valence-electron chi connectivity index (χ4n) is 2.17. The molecule has 6 heteroatoms. The summed E-state index contributed by atoms with van der Waals surface area (Å²) in [4.78, 5) is 0. The molecule has 0 radical (unpaired) electrons. The molecular formula is C11H25N3O2S. The van der Waals surface area contributed by atoms with Gasteiger partial charge in [0, 0.05) is 25.2 Å². The zero-order valence-electron chi connectivity index (χ0n) is 10.9. The Morgan fingerprint density at radius 1 is 1.18 bits per heavy atom. The van der Waals surface area contributed by atoms with Crippen LogP contribution < -0.4 is 10.5 Å². The molecule has 1 saturated heterocycles. The Morgan fingerprint density at radius 3 is 2.12 bits per heavy atom. The fraction of sp³-hybridized carbons (Fsp3) is 1.00. The van der Waals surface area contributed by atoms with E-state index in [1.54, 1.807) is 4.31 Å². The monoisotopic (exact) mass is 263 g/mol. The fourth-order valence-corrected chi connectivity index (χ4v) is 3.96.